The van der Waals surface area contributed by atoms with Crippen molar-refractivity contribution < 1.29 is 9.53 Å². The first-order valence-electron chi connectivity index (χ1n) is 6.26. The predicted octanol–water partition coefficient (Wildman–Crippen LogP) is 3.09. The number of halogens is 1. The summed E-state index contributed by atoms with van der Waals surface area (Å²) in [6.07, 6.45) is 0.260. The van der Waals surface area contributed by atoms with Crippen LogP contribution in [0, 0.1) is 13.8 Å². The van der Waals surface area contributed by atoms with Crippen LogP contribution < -0.4 is 10.1 Å². The van der Waals surface area contributed by atoms with Crippen LogP contribution >= 0.6 is 11.6 Å². The Morgan fingerprint density at radius 2 is 2.25 bits per heavy atom. The minimum Gasteiger partial charge on any atom is -0.493 e. The monoisotopic (exact) mass is 293 g/mol. The molecule has 6 heteroatoms. The number of nitrogens with zero attached hydrogens (tertiary/aromatic N) is 1. The lowest BCUT2D eigenvalue weighted by Gasteiger charge is -2.07. The maximum atomic E-state index is 11.8. The number of benzene rings is 1. The summed E-state index contributed by atoms with van der Waals surface area (Å²) in [5.41, 5.74) is 2.34. The number of aromatic nitrogens is 2. The summed E-state index contributed by atoms with van der Waals surface area (Å²) >= 11 is 5.85. The number of rotatable bonds is 5. The molecule has 0 aliphatic heterocycles. The van der Waals surface area contributed by atoms with Gasteiger partial charge in [0.1, 0.15) is 5.75 Å². The van der Waals surface area contributed by atoms with E-state index < -0.39 is 0 Å². The average molecular weight is 294 g/mol. The van der Waals surface area contributed by atoms with Crippen molar-refractivity contribution in [1.29, 1.82) is 0 Å². The number of carbonyl (C=O) groups excluding carboxylic acids is 1. The van der Waals surface area contributed by atoms with Gasteiger partial charge in [0.05, 0.1) is 30.1 Å². The fraction of sp³-hybridized carbons (Fsp3) is 0.286. The molecule has 0 saturated carbocycles. The van der Waals surface area contributed by atoms with Gasteiger partial charge in [0.15, 0.2) is 0 Å². The Balaban J connectivity index is 1.81. The molecule has 0 aliphatic carbocycles. The minimum atomic E-state index is -0.111. The van der Waals surface area contributed by atoms with Gasteiger partial charge in [-0.15, -0.1) is 0 Å². The lowest BCUT2D eigenvalue weighted by Crippen LogP contribution is -2.16. The maximum Gasteiger partial charge on any atom is 0.227 e. The minimum absolute atomic E-state index is 0.111. The molecule has 0 atom stereocenters. The lowest BCUT2D eigenvalue weighted by molar-refractivity contribution is -0.116. The van der Waals surface area contributed by atoms with Gasteiger partial charge in [0.25, 0.3) is 0 Å². The Morgan fingerprint density at radius 1 is 1.45 bits per heavy atom. The van der Waals surface area contributed by atoms with E-state index in [0.29, 0.717) is 17.4 Å². The van der Waals surface area contributed by atoms with Crippen LogP contribution in [-0.2, 0) is 4.79 Å². The molecular weight excluding hydrogens is 278 g/mol. The second-order valence-corrected chi connectivity index (χ2v) is 4.85. The SMILES string of the molecule is Cc1n[nH]c(C)c1NC(=O)CCOc1cccc(Cl)c1. The predicted molar refractivity (Wildman–Crippen MR) is 78.3 cm³/mol. The Labute approximate surface area is 122 Å². The zero-order chi connectivity index (χ0) is 14.5. The highest BCUT2D eigenvalue weighted by atomic mass is 35.5. The van der Waals surface area contributed by atoms with Crippen LogP contribution in [0.25, 0.3) is 0 Å². The molecule has 1 aromatic carbocycles. The zero-order valence-corrected chi connectivity index (χ0v) is 12.1. The molecule has 1 amide bonds. The van der Waals surface area contributed by atoms with E-state index >= 15 is 0 Å². The molecule has 2 N–H and O–H groups in total. The summed E-state index contributed by atoms with van der Waals surface area (Å²) in [5.74, 6) is 0.542. The number of hydrogen-bond donors (Lipinski definition) is 2. The van der Waals surface area contributed by atoms with Crippen molar-refractivity contribution in [2.45, 2.75) is 20.3 Å². The highest BCUT2D eigenvalue weighted by Gasteiger charge is 2.10. The number of hydrogen-bond acceptors (Lipinski definition) is 3. The van der Waals surface area contributed by atoms with Gasteiger partial charge in [-0.25, -0.2) is 0 Å². The summed E-state index contributed by atoms with van der Waals surface area (Å²) in [5, 5.41) is 10.3. The van der Waals surface area contributed by atoms with Crippen LogP contribution in [0.5, 0.6) is 5.75 Å². The third-order valence-electron chi connectivity index (χ3n) is 2.79. The van der Waals surface area contributed by atoms with E-state index in [1.807, 2.05) is 13.8 Å². The Kier molecular flexibility index (Phi) is 4.63. The third kappa shape index (κ3) is 3.74. The van der Waals surface area contributed by atoms with Crippen molar-refractivity contribution >= 4 is 23.2 Å². The standard InChI is InChI=1S/C14H16ClN3O2/c1-9-14(10(2)18-17-9)16-13(19)6-7-20-12-5-3-4-11(15)8-12/h3-5,8H,6-7H2,1-2H3,(H,16,19)(H,17,18). The van der Waals surface area contributed by atoms with E-state index in [0.717, 1.165) is 17.1 Å². The number of aromatic amines is 1. The molecule has 0 saturated heterocycles. The molecule has 5 nitrogen and oxygen atoms in total. The first kappa shape index (κ1) is 14.4. The van der Waals surface area contributed by atoms with Gasteiger partial charge in [-0.1, -0.05) is 17.7 Å². The number of aryl methyl sites for hydroxylation is 2. The molecule has 1 heterocycles. The second kappa shape index (κ2) is 6.43. The number of ether oxygens (including phenoxy) is 1. The van der Waals surface area contributed by atoms with Gasteiger partial charge in [-0.3, -0.25) is 9.89 Å². The summed E-state index contributed by atoms with van der Waals surface area (Å²) in [6, 6.07) is 7.08. The van der Waals surface area contributed by atoms with Crippen LogP contribution in [0.15, 0.2) is 24.3 Å². The summed E-state index contributed by atoms with van der Waals surface area (Å²) in [6.45, 7) is 3.99. The first-order valence-corrected chi connectivity index (χ1v) is 6.64. The maximum absolute atomic E-state index is 11.8. The highest BCUT2D eigenvalue weighted by molar-refractivity contribution is 6.30. The van der Waals surface area contributed by atoms with E-state index in [-0.39, 0.29) is 12.3 Å². The smallest absolute Gasteiger partial charge is 0.227 e. The van der Waals surface area contributed by atoms with Gasteiger partial charge >= 0.3 is 0 Å². The molecule has 2 rings (SSSR count). The van der Waals surface area contributed by atoms with Gasteiger partial charge in [0, 0.05) is 5.02 Å². The van der Waals surface area contributed by atoms with Crippen LogP contribution in [0.3, 0.4) is 0 Å². The average Bonchev–Trinajstić information content (AvgIpc) is 2.71. The van der Waals surface area contributed by atoms with Crippen molar-refractivity contribution in [2.24, 2.45) is 0 Å². The lowest BCUT2D eigenvalue weighted by atomic mass is 10.3. The zero-order valence-electron chi connectivity index (χ0n) is 11.4. The van der Waals surface area contributed by atoms with E-state index in [1.54, 1.807) is 24.3 Å². The molecule has 2 aromatic rings. The molecule has 0 spiro atoms. The van der Waals surface area contributed by atoms with Crippen molar-refractivity contribution in [2.75, 3.05) is 11.9 Å². The number of anilines is 1. The van der Waals surface area contributed by atoms with Crippen LogP contribution in [-0.4, -0.2) is 22.7 Å². The Hall–Kier alpha value is -2.01. The van der Waals surface area contributed by atoms with E-state index in [2.05, 4.69) is 15.5 Å². The summed E-state index contributed by atoms with van der Waals surface area (Å²) in [7, 11) is 0. The molecule has 0 aliphatic rings. The topological polar surface area (TPSA) is 67.0 Å². The second-order valence-electron chi connectivity index (χ2n) is 4.41. The molecule has 20 heavy (non-hydrogen) atoms. The van der Waals surface area contributed by atoms with Crippen molar-refractivity contribution in [3.05, 3.63) is 40.7 Å². The molecule has 0 bridgehead atoms. The first-order chi connectivity index (χ1) is 9.56. The van der Waals surface area contributed by atoms with Crippen molar-refractivity contribution in [1.82, 2.24) is 10.2 Å². The van der Waals surface area contributed by atoms with Gasteiger partial charge in [-0.2, -0.15) is 5.10 Å². The largest absolute Gasteiger partial charge is 0.493 e. The number of amides is 1. The fourth-order valence-electron chi connectivity index (χ4n) is 1.76. The number of H-pyrrole nitrogens is 1. The molecular formula is C14H16ClN3O2. The summed E-state index contributed by atoms with van der Waals surface area (Å²) < 4.78 is 5.47. The quantitative estimate of drug-likeness (QED) is 0.890. The molecule has 0 radical (unpaired) electrons. The molecule has 106 valence electrons. The van der Waals surface area contributed by atoms with Crippen molar-refractivity contribution in [3.8, 4) is 5.75 Å². The molecule has 1 aromatic heterocycles. The fourth-order valence-corrected chi connectivity index (χ4v) is 1.94. The molecule has 0 fully saturated rings. The van der Waals surface area contributed by atoms with Crippen LogP contribution in [0.1, 0.15) is 17.8 Å². The van der Waals surface area contributed by atoms with Crippen LogP contribution in [0.4, 0.5) is 5.69 Å². The van der Waals surface area contributed by atoms with Gasteiger partial charge in [-0.05, 0) is 32.0 Å². The summed E-state index contributed by atoms with van der Waals surface area (Å²) in [4.78, 5) is 11.8. The normalized spacial score (nSPS) is 10.3. The van der Waals surface area contributed by atoms with Crippen molar-refractivity contribution in [3.63, 3.8) is 0 Å². The number of nitrogens with one attached hydrogen (secondary N) is 2. The van der Waals surface area contributed by atoms with E-state index in [4.69, 9.17) is 16.3 Å². The van der Waals surface area contributed by atoms with Crippen LogP contribution in [0.2, 0.25) is 5.02 Å². The third-order valence-corrected chi connectivity index (χ3v) is 3.02. The number of carbonyl (C=O) groups is 1. The van der Waals surface area contributed by atoms with E-state index in [1.165, 1.54) is 0 Å². The highest BCUT2D eigenvalue weighted by Crippen LogP contribution is 2.18. The Morgan fingerprint density at radius 3 is 2.90 bits per heavy atom. The van der Waals surface area contributed by atoms with E-state index in [9.17, 15) is 4.79 Å². The molecule has 0 unspecified atom stereocenters. The Bertz CT molecular complexity index is 591. The van der Waals surface area contributed by atoms with Gasteiger partial charge in [0.2, 0.25) is 5.91 Å². The van der Waals surface area contributed by atoms with Gasteiger partial charge < -0.3 is 10.1 Å².